The van der Waals surface area contributed by atoms with E-state index in [1.54, 1.807) is 0 Å². The van der Waals surface area contributed by atoms with Crippen LogP contribution >= 0.6 is 0 Å². The first-order valence-electron chi connectivity index (χ1n) is 5.04. The van der Waals surface area contributed by atoms with E-state index in [2.05, 4.69) is 6.07 Å². The lowest BCUT2D eigenvalue weighted by Gasteiger charge is -2.44. The van der Waals surface area contributed by atoms with E-state index in [0.29, 0.717) is 18.3 Å². The smallest absolute Gasteiger partial charge is 0.143 e. The van der Waals surface area contributed by atoms with Crippen molar-refractivity contribution >= 4 is 5.78 Å². The molecule has 3 unspecified atom stereocenters. The number of ether oxygens (including phenoxy) is 1. The zero-order chi connectivity index (χ0) is 9.71. The van der Waals surface area contributed by atoms with Crippen LogP contribution in [-0.4, -0.2) is 12.4 Å². The zero-order valence-electron chi connectivity index (χ0n) is 8.07. The SMILES string of the molecule is CC1C(=O)C2COc3ccccc3C12. The molecular formula is C12H12O2. The second kappa shape index (κ2) is 2.59. The fourth-order valence-electron chi connectivity index (χ4n) is 2.66. The molecule has 3 rings (SSSR count). The quantitative estimate of drug-likeness (QED) is 0.622. The van der Waals surface area contributed by atoms with Crippen LogP contribution in [0.1, 0.15) is 18.4 Å². The monoisotopic (exact) mass is 188 g/mol. The van der Waals surface area contributed by atoms with Gasteiger partial charge in [-0.3, -0.25) is 4.79 Å². The molecule has 1 aliphatic heterocycles. The normalized spacial score (nSPS) is 33.8. The summed E-state index contributed by atoms with van der Waals surface area (Å²) in [5.74, 6) is 2.05. The van der Waals surface area contributed by atoms with Gasteiger partial charge in [0.2, 0.25) is 0 Å². The van der Waals surface area contributed by atoms with E-state index in [-0.39, 0.29) is 11.8 Å². The summed E-state index contributed by atoms with van der Waals surface area (Å²) < 4.78 is 5.56. The molecule has 14 heavy (non-hydrogen) atoms. The maximum absolute atomic E-state index is 11.5. The number of benzene rings is 1. The second-order valence-corrected chi connectivity index (χ2v) is 4.17. The third-order valence-corrected chi connectivity index (χ3v) is 3.48. The van der Waals surface area contributed by atoms with Crippen LogP contribution in [0.2, 0.25) is 0 Å². The fraction of sp³-hybridized carbons (Fsp3) is 0.417. The Morgan fingerprint density at radius 2 is 2.14 bits per heavy atom. The lowest BCUT2D eigenvalue weighted by Crippen LogP contribution is -2.49. The number of fused-ring (bicyclic) bond motifs is 3. The average Bonchev–Trinajstić information content (AvgIpc) is 2.26. The number of Topliss-reactive ketones (excluding diaryl/α,β-unsaturated/α-hetero) is 1. The first-order valence-corrected chi connectivity index (χ1v) is 5.04. The maximum atomic E-state index is 11.5. The van der Waals surface area contributed by atoms with Crippen molar-refractivity contribution in [1.82, 2.24) is 0 Å². The number of carbonyl (C=O) groups is 1. The van der Waals surface area contributed by atoms with Crippen molar-refractivity contribution in [3.05, 3.63) is 29.8 Å². The third-order valence-electron chi connectivity index (χ3n) is 3.48. The number of carbonyl (C=O) groups excluding carboxylic acids is 1. The van der Waals surface area contributed by atoms with Crippen molar-refractivity contribution in [2.75, 3.05) is 6.61 Å². The van der Waals surface area contributed by atoms with E-state index in [4.69, 9.17) is 4.74 Å². The highest BCUT2D eigenvalue weighted by Crippen LogP contribution is 2.50. The molecule has 0 bridgehead atoms. The summed E-state index contributed by atoms with van der Waals surface area (Å²) in [7, 11) is 0. The lowest BCUT2D eigenvalue weighted by molar-refractivity contribution is -0.140. The summed E-state index contributed by atoms with van der Waals surface area (Å²) in [6, 6.07) is 8.06. The molecule has 1 aromatic rings. The molecule has 1 heterocycles. The van der Waals surface area contributed by atoms with Crippen LogP contribution in [0.15, 0.2) is 24.3 Å². The molecule has 0 saturated heterocycles. The second-order valence-electron chi connectivity index (χ2n) is 4.17. The van der Waals surface area contributed by atoms with Gasteiger partial charge in [-0.05, 0) is 11.6 Å². The first kappa shape index (κ1) is 8.04. The number of rotatable bonds is 0. The summed E-state index contributed by atoms with van der Waals surface area (Å²) in [6.07, 6.45) is 0. The molecule has 0 aromatic heterocycles. The van der Waals surface area contributed by atoms with Gasteiger partial charge in [0.05, 0.1) is 12.5 Å². The van der Waals surface area contributed by atoms with E-state index < -0.39 is 0 Å². The van der Waals surface area contributed by atoms with Crippen molar-refractivity contribution in [2.24, 2.45) is 11.8 Å². The van der Waals surface area contributed by atoms with Gasteiger partial charge in [0.1, 0.15) is 11.5 Å². The van der Waals surface area contributed by atoms with Gasteiger partial charge < -0.3 is 4.74 Å². The third kappa shape index (κ3) is 0.834. The van der Waals surface area contributed by atoms with Crippen LogP contribution in [0, 0.1) is 11.8 Å². The van der Waals surface area contributed by atoms with Crippen LogP contribution in [0.5, 0.6) is 5.75 Å². The minimum absolute atomic E-state index is 0.125. The van der Waals surface area contributed by atoms with Crippen LogP contribution in [-0.2, 0) is 4.79 Å². The van der Waals surface area contributed by atoms with Gasteiger partial charge in [-0.1, -0.05) is 25.1 Å². The highest BCUT2D eigenvalue weighted by molar-refractivity contribution is 5.92. The standard InChI is InChI=1S/C12H12O2/c1-7-11-8-4-2-3-5-10(8)14-6-9(11)12(7)13/h2-5,7,9,11H,6H2,1H3. The van der Waals surface area contributed by atoms with Crippen LogP contribution < -0.4 is 4.74 Å². The Hall–Kier alpha value is -1.31. The van der Waals surface area contributed by atoms with Crippen LogP contribution in [0.3, 0.4) is 0 Å². The largest absolute Gasteiger partial charge is 0.493 e. The number of hydrogen-bond acceptors (Lipinski definition) is 2. The maximum Gasteiger partial charge on any atom is 0.143 e. The van der Waals surface area contributed by atoms with E-state index in [1.165, 1.54) is 5.56 Å². The van der Waals surface area contributed by atoms with E-state index in [1.807, 2.05) is 25.1 Å². The Morgan fingerprint density at radius 1 is 1.36 bits per heavy atom. The molecule has 0 amide bonds. The summed E-state index contributed by atoms with van der Waals surface area (Å²) >= 11 is 0. The molecule has 2 heteroatoms. The predicted molar refractivity (Wildman–Crippen MR) is 52.3 cm³/mol. The molecule has 0 radical (unpaired) electrons. The minimum Gasteiger partial charge on any atom is -0.493 e. The summed E-state index contributed by atoms with van der Waals surface area (Å²) in [5, 5.41) is 0. The van der Waals surface area contributed by atoms with E-state index >= 15 is 0 Å². The first-order chi connectivity index (χ1) is 6.79. The fourth-order valence-corrected chi connectivity index (χ4v) is 2.66. The van der Waals surface area contributed by atoms with Gasteiger partial charge in [0, 0.05) is 11.8 Å². The van der Waals surface area contributed by atoms with Crippen LogP contribution in [0.25, 0.3) is 0 Å². The van der Waals surface area contributed by atoms with Gasteiger partial charge in [0.25, 0.3) is 0 Å². The van der Waals surface area contributed by atoms with E-state index in [9.17, 15) is 4.79 Å². The minimum atomic E-state index is 0.125. The predicted octanol–water partition coefficient (Wildman–Crippen LogP) is 2.00. The molecule has 0 N–H and O–H groups in total. The van der Waals surface area contributed by atoms with Crippen molar-refractivity contribution in [1.29, 1.82) is 0 Å². The highest BCUT2D eigenvalue weighted by Gasteiger charge is 2.50. The van der Waals surface area contributed by atoms with Gasteiger partial charge in [-0.25, -0.2) is 0 Å². The number of para-hydroxylation sites is 1. The molecule has 2 aliphatic rings. The number of hydrogen-bond donors (Lipinski definition) is 0. The summed E-state index contributed by atoms with van der Waals surface area (Å²) in [4.78, 5) is 11.5. The Morgan fingerprint density at radius 3 is 3.00 bits per heavy atom. The molecule has 1 fully saturated rings. The molecule has 1 aliphatic carbocycles. The molecule has 3 atom stereocenters. The summed E-state index contributed by atoms with van der Waals surface area (Å²) in [5.41, 5.74) is 1.22. The Kier molecular flexibility index (Phi) is 1.49. The molecule has 1 aromatic carbocycles. The van der Waals surface area contributed by atoms with Crippen molar-refractivity contribution in [3.63, 3.8) is 0 Å². The molecule has 0 spiro atoms. The van der Waals surface area contributed by atoms with Crippen molar-refractivity contribution in [3.8, 4) is 5.75 Å². The topological polar surface area (TPSA) is 26.3 Å². The highest BCUT2D eigenvalue weighted by atomic mass is 16.5. The lowest BCUT2D eigenvalue weighted by atomic mass is 9.61. The summed E-state index contributed by atoms with van der Waals surface area (Å²) in [6.45, 7) is 2.59. The molecule has 1 saturated carbocycles. The van der Waals surface area contributed by atoms with Gasteiger partial charge >= 0.3 is 0 Å². The van der Waals surface area contributed by atoms with Gasteiger partial charge in [-0.15, -0.1) is 0 Å². The average molecular weight is 188 g/mol. The van der Waals surface area contributed by atoms with Gasteiger partial charge in [0.15, 0.2) is 0 Å². The van der Waals surface area contributed by atoms with Crippen molar-refractivity contribution in [2.45, 2.75) is 12.8 Å². The number of ketones is 1. The molecular weight excluding hydrogens is 176 g/mol. The Bertz CT molecular complexity index is 397. The molecule has 72 valence electrons. The van der Waals surface area contributed by atoms with E-state index in [0.717, 1.165) is 5.75 Å². The van der Waals surface area contributed by atoms with Gasteiger partial charge in [-0.2, -0.15) is 0 Å². The molecule has 2 nitrogen and oxygen atoms in total. The zero-order valence-corrected chi connectivity index (χ0v) is 8.07. The van der Waals surface area contributed by atoms with Crippen LogP contribution in [0.4, 0.5) is 0 Å². The Labute approximate surface area is 82.9 Å². The Balaban J connectivity index is 2.07. The van der Waals surface area contributed by atoms with Crippen molar-refractivity contribution < 1.29 is 9.53 Å².